The number of nitrogens with two attached hydrogens (primary N) is 1. The lowest BCUT2D eigenvalue weighted by Crippen LogP contribution is -2.49. The number of piperazine rings is 1. The maximum Gasteiger partial charge on any atom is 0.318 e. The summed E-state index contributed by atoms with van der Waals surface area (Å²) < 4.78 is 6.29. The number of unbranched alkanes of at least 4 members (excludes halogenated alkanes) is 2. The normalized spacial score (nSPS) is 14.8. The van der Waals surface area contributed by atoms with Gasteiger partial charge in [0.2, 0.25) is 5.91 Å². The van der Waals surface area contributed by atoms with Crippen molar-refractivity contribution in [2.75, 3.05) is 54.9 Å². The first-order valence-electron chi connectivity index (χ1n) is 16.7. The number of carbonyl (C=O) groups is 1. The molecule has 2 aliphatic rings. The van der Waals surface area contributed by atoms with E-state index in [1.54, 1.807) is 0 Å². The number of aryl methyl sites for hydroxylation is 1. The van der Waals surface area contributed by atoms with Crippen molar-refractivity contribution in [2.45, 2.75) is 93.5 Å². The Balaban J connectivity index is 0.00000162. The molecule has 2 aromatic rings. The molecule has 1 aromatic heterocycles. The van der Waals surface area contributed by atoms with Crippen LogP contribution in [0.2, 0.25) is 0 Å². The number of hydrogen-bond donors (Lipinski definition) is 2. The monoisotopic (exact) mass is 607 g/mol. The van der Waals surface area contributed by atoms with Gasteiger partial charge in [0.1, 0.15) is 5.82 Å². The third-order valence-corrected chi connectivity index (χ3v) is 8.24. The minimum Gasteiger partial charge on any atom is -0.463 e. The van der Waals surface area contributed by atoms with Gasteiger partial charge in [-0.2, -0.15) is 9.97 Å². The molecule has 0 saturated carbocycles. The summed E-state index contributed by atoms with van der Waals surface area (Å²) in [5, 5.41) is 8.00. The Morgan fingerprint density at radius 3 is 2.39 bits per heavy atom. The standard InChI is InChI=1S/C31H45N7O2.2C2H6/c1-5-8-9-10-23(6-2)21-40-31-34-27-20-38(29-22(4)11-12-26(33)25(29)19-32)14-13-24(27)30(35-31)37-17-15-36(16-18-37)28(39)7-3;2*1-2/h7,11-12,19,23,32H,3,5-6,8-10,13-18,20-21,33H2,1-2,4H3;2*1-2H3. The van der Waals surface area contributed by atoms with Crippen LogP contribution in [0.5, 0.6) is 6.01 Å². The maximum atomic E-state index is 12.2. The van der Waals surface area contributed by atoms with Crippen molar-refractivity contribution in [3.8, 4) is 6.01 Å². The summed E-state index contributed by atoms with van der Waals surface area (Å²) in [6.07, 6.45) is 9.39. The van der Waals surface area contributed by atoms with Crippen LogP contribution >= 0.6 is 0 Å². The number of benzene rings is 1. The Kier molecular flexibility index (Phi) is 15.7. The van der Waals surface area contributed by atoms with Crippen molar-refractivity contribution >= 4 is 29.3 Å². The molecule has 9 heteroatoms. The van der Waals surface area contributed by atoms with E-state index in [2.05, 4.69) is 37.1 Å². The molecule has 1 atom stereocenters. The zero-order valence-corrected chi connectivity index (χ0v) is 28.4. The van der Waals surface area contributed by atoms with Gasteiger partial charge in [-0.15, -0.1) is 0 Å². The van der Waals surface area contributed by atoms with Crippen molar-refractivity contribution in [1.29, 1.82) is 5.41 Å². The highest BCUT2D eigenvalue weighted by Gasteiger charge is 2.29. The molecule has 1 unspecified atom stereocenters. The second kappa shape index (κ2) is 18.9. The number of rotatable bonds is 12. The second-order valence-corrected chi connectivity index (χ2v) is 10.9. The molecule has 1 saturated heterocycles. The number of amides is 1. The molecule has 0 radical (unpaired) electrons. The number of nitrogens with zero attached hydrogens (tertiary/aromatic N) is 5. The number of nitrogens with one attached hydrogen (secondary N) is 1. The van der Waals surface area contributed by atoms with E-state index >= 15 is 0 Å². The SMILES string of the molecule is C=CC(=O)N1CCN(c2nc(OCC(CC)CCCCC)nc3c2CCN(c2c(C)ccc(N)c2C=N)C3)CC1.CC.CC. The summed E-state index contributed by atoms with van der Waals surface area (Å²) in [6.45, 7) is 22.8. The van der Waals surface area contributed by atoms with Crippen LogP contribution in [0, 0.1) is 18.3 Å². The highest BCUT2D eigenvalue weighted by atomic mass is 16.5. The van der Waals surface area contributed by atoms with Crippen LogP contribution in [0.25, 0.3) is 0 Å². The predicted octanol–water partition coefficient (Wildman–Crippen LogP) is 6.80. The van der Waals surface area contributed by atoms with Crippen molar-refractivity contribution in [3.63, 3.8) is 0 Å². The third-order valence-electron chi connectivity index (χ3n) is 8.24. The van der Waals surface area contributed by atoms with E-state index in [4.69, 9.17) is 25.8 Å². The smallest absolute Gasteiger partial charge is 0.318 e. The molecular weight excluding hydrogens is 550 g/mol. The zero-order chi connectivity index (χ0) is 32.6. The van der Waals surface area contributed by atoms with Gasteiger partial charge in [-0.1, -0.05) is 79.9 Å². The van der Waals surface area contributed by atoms with Gasteiger partial charge >= 0.3 is 6.01 Å². The largest absolute Gasteiger partial charge is 0.463 e. The number of ether oxygens (including phenoxy) is 1. The van der Waals surface area contributed by atoms with Crippen molar-refractivity contribution in [1.82, 2.24) is 14.9 Å². The lowest BCUT2D eigenvalue weighted by molar-refractivity contribution is -0.126. The minimum atomic E-state index is -0.0304. The number of hydrogen-bond acceptors (Lipinski definition) is 8. The Labute approximate surface area is 266 Å². The van der Waals surface area contributed by atoms with Crippen LogP contribution in [0.1, 0.15) is 96.0 Å². The second-order valence-electron chi connectivity index (χ2n) is 10.9. The molecule has 44 heavy (non-hydrogen) atoms. The van der Waals surface area contributed by atoms with Crippen molar-refractivity contribution < 1.29 is 9.53 Å². The molecule has 0 bridgehead atoms. The van der Waals surface area contributed by atoms with E-state index in [0.717, 1.165) is 59.7 Å². The van der Waals surface area contributed by atoms with E-state index in [9.17, 15) is 4.79 Å². The number of aromatic nitrogens is 2. The fourth-order valence-electron chi connectivity index (χ4n) is 5.76. The first-order chi connectivity index (χ1) is 21.4. The van der Waals surface area contributed by atoms with Gasteiger partial charge in [-0.3, -0.25) is 4.79 Å². The molecule has 1 fully saturated rings. The van der Waals surface area contributed by atoms with Crippen molar-refractivity contribution in [3.05, 3.63) is 47.2 Å². The molecule has 4 rings (SSSR count). The highest BCUT2D eigenvalue weighted by Crippen LogP contribution is 2.35. The predicted molar refractivity (Wildman–Crippen MR) is 185 cm³/mol. The summed E-state index contributed by atoms with van der Waals surface area (Å²) in [4.78, 5) is 28.4. The molecule has 0 aliphatic carbocycles. The summed E-state index contributed by atoms with van der Waals surface area (Å²) in [7, 11) is 0. The van der Waals surface area contributed by atoms with Gasteiger partial charge in [0.15, 0.2) is 0 Å². The first kappa shape index (κ1) is 36.6. The number of nitrogen functional groups attached to an aromatic ring is 1. The van der Waals surface area contributed by atoms with E-state index in [1.807, 2.05) is 44.7 Å². The fraction of sp³-hybridized carbons (Fsp3) is 0.600. The minimum absolute atomic E-state index is 0.0304. The van der Waals surface area contributed by atoms with Gasteiger partial charge < -0.3 is 30.6 Å². The Morgan fingerprint density at radius 2 is 1.77 bits per heavy atom. The summed E-state index contributed by atoms with van der Waals surface area (Å²) in [5.41, 5.74) is 11.8. The van der Waals surface area contributed by atoms with Crippen LogP contribution in [0.3, 0.4) is 0 Å². The molecule has 1 aromatic carbocycles. The number of fused-ring (bicyclic) bond motifs is 1. The quantitative estimate of drug-likeness (QED) is 0.118. The number of carbonyl (C=O) groups excluding carboxylic acids is 1. The summed E-state index contributed by atoms with van der Waals surface area (Å²) >= 11 is 0. The van der Waals surface area contributed by atoms with Crippen LogP contribution in [-0.2, 0) is 17.8 Å². The van der Waals surface area contributed by atoms with E-state index in [1.165, 1.54) is 31.6 Å². The number of anilines is 3. The average Bonchev–Trinajstić information content (AvgIpc) is 3.08. The first-order valence-corrected chi connectivity index (χ1v) is 16.7. The van der Waals surface area contributed by atoms with E-state index in [0.29, 0.717) is 56.9 Å². The van der Waals surface area contributed by atoms with E-state index < -0.39 is 0 Å². The molecule has 0 spiro atoms. The molecule has 3 N–H and O–H groups in total. The lowest BCUT2D eigenvalue weighted by Gasteiger charge is -2.38. The molecule has 2 aliphatic heterocycles. The summed E-state index contributed by atoms with van der Waals surface area (Å²) in [5.74, 6) is 1.36. The van der Waals surface area contributed by atoms with Gasteiger partial charge in [0.25, 0.3) is 0 Å². The van der Waals surface area contributed by atoms with Gasteiger partial charge in [0, 0.05) is 55.8 Å². The molecule has 1 amide bonds. The van der Waals surface area contributed by atoms with Crippen LogP contribution in [0.15, 0.2) is 24.8 Å². The van der Waals surface area contributed by atoms with Gasteiger partial charge in [-0.25, -0.2) is 0 Å². The van der Waals surface area contributed by atoms with Crippen LogP contribution in [-0.4, -0.2) is 66.3 Å². The summed E-state index contributed by atoms with van der Waals surface area (Å²) in [6, 6.07) is 4.30. The van der Waals surface area contributed by atoms with Gasteiger partial charge in [-0.05, 0) is 43.4 Å². The lowest BCUT2D eigenvalue weighted by atomic mass is 9.99. The van der Waals surface area contributed by atoms with Crippen molar-refractivity contribution in [2.24, 2.45) is 5.92 Å². The Morgan fingerprint density at radius 1 is 1.07 bits per heavy atom. The molecular formula is C35H57N7O2. The molecule has 3 heterocycles. The molecule has 9 nitrogen and oxygen atoms in total. The van der Waals surface area contributed by atoms with Crippen LogP contribution < -0.4 is 20.3 Å². The topological polar surface area (TPSA) is 112 Å². The van der Waals surface area contributed by atoms with E-state index in [-0.39, 0.29) is 5.91 Å². The Bertz CT molecular complexity index is 1210. The maximum absolute atomic E-state index is 12.2. The van der Waals surface area contributed by atoms with Crippen LogP contribution in [0.4, 0.5) is 17.2 Å². The average molecular weight is 608 g/mol. The highest BCUT2D eigenvalue weighted by molar-refractivity contribution is 5.94. The fourth-order valence-corrected chi connectivity index (χ4v) is 5.76. The Hall–Kier alpha value is -3.62. The zero-order valence-electron chi connectivity index (χ0n) is 28.4. The molecule has 244 valence electrons. The van der Waals surface area contributed by atoms with Gasteiger partial charge in [0.05, 0.1) is 24.5 Å². The third kappa shape index (κ3) is 9.19.